The number of nitrogens with one attached hydrogen (secondary N) is 1. The molecular weight excluding hydrogens is 1040 g/mol. The molecule has 0 radical (unpaired) electrons. The van der Waals surface area contributed by atoms with E-state index in [1.54, 1.807) is 44.2 Å². The van der Waals surface area contributed by atoms with Crippen LogP contribution in [0.1, 0.15) is 127 Å². The van der Waals surface area contributed by atoms with Gasteiger partial charge in [0.2, 0.25) is 0 Å². The van der Waals surface area contributed by atoms with Gasteiger partial charge in [0, 0.05) is 28.5 Å². The van der Waals surface area contributed by atoms with E-state index in [0.29, 0.717) is 22.5 Å². The number of hydrogen-bond acceptors (Lipinski definition) is 5. The van der Waals surface area contributed by atoms with Crippen molar-refractivity contribution in [2.75, 3.05) is 5.32 Å². The van der Waals surface area contributed by atoms with Gasteiger partial charge in [-0.15, -0.1) is 0 Å². The summed E-state index contributed by atoms with van der Waals surface area (Å²) in [5.74, 6) is -0.823. The fourth-order valence-electron chi connectivity index (χ4n) is 9.47. The van der Waals surface area contributed by atoms with Crippen molar-refractivity contribution in [1.82, 2.24) is 0 Å². The lowest BCUT2D eigenvalue weighted by Crippen LogP contribution is -2.11. The third-order valence-electron chi connectivity index (χ3n) is 14.6. The maximum absolute atomic E-state index is 14.4. The minimum Gasteiger partial charge on any atom is -0.458 e. The Morgan fingerprint density at radius 3 is 1.40 bits per heavy atom. The summed E-state index contributed by atoms with van der Waals surface area (Å²) in [4.78, 5) is 34.5. The van der Waals surface area contributed by atoms with Crippen LogP contribution in [0.3, 0.4) is 0 Å². The molecule has 0 fully saturated rings. The van der Waals surface area contributed by atoms with Crippen LogP contribution in [0, 0.1) is 5.82 Å². The molecule has 7 heteroatoms. The zero-order chi connectivity index (χ0) is 60.2. The minimum absolute atomic E-state index is 0.150. The smallest absolute Gasteiger partial charge is 0.338 e. The van der Waals surface area contributed by atoms with Gasteiger partial charge in [-0.1, -0.05) is 238 Å². The van der Waals surface area contributed by atoms with Crippen LogP contribution in [-0.4, -0.2) is 17.8 Å². The molecule has 0 unspecified atom stereocenters. The van der Waals surface area contributed by atoms with Crippen molar-refractivity contribution >= 4 is 23.5 Å². The number of aryl methyl sites for hydroxylation is 4. The molecule has 0 saturated carbocycles. The number of esters is 2. The number of unbranched alkanes of at least 4 members (excludes halogenated alkanes) is 6. The van der Waals surface area contributed by atoms with Gasteiger partial charge < -0.3 is 14.8 Å². The molecule has 0 aromatic heterocycles. The predicted molar refractivity (Wildman–Crippen MR) is 349 cm³/mol. The van der Waals surface area contributed by atoms with Crippen LogP contribution in [-0.2, 0) is 51.4 Å². The molecule has 0 aliphatic heterocycles. The summed E-state index contributed by atoms with van der Waals surface area (Å²) in [5, 5.41) is 2.86. The first kappa shape index (κ1) is 64.5. The lowest BCUT2D eigenvalue weighted by atomic mass is 9.93. The van der Waals surface area contributed by atoms with Gasteiger partial charge in [-0.3, -0.25) is 4.79 Å². The highest BCUT2D eigenvalue weighted by molar-refractivity contribution is 6.03. The van der Waals surface area contributed by atoms with Gasteiger partial charge in [0.1, 0.15) is 18.2 Å². The van der Waals surface area contributed by atoms with E-state index in [9.17, 15) is 18.8 Å². The normalized spacial score (nSPS) is 10.6. The molecule has 0 saturated heterocycles. The Hall–Kier alpha value is -8.68. The fraction of sp³-hybridized carbons (Fsp3) is 0.260. The highest BCUT2D eigenvalue weighted by Gasteiger charge is 2.12. The van der Waals surface area contributed by atoms with Crippen LogP contribution in [0.4, 0.5) is 10.1 Å². The van der Waals surface area contributed by atoms with Gasteiger partial charge in [0.05, 0.1) is 0 Å². The monoisotopic (exact) mass is 1120 g/mol. The number of carbonyl (C=O) groups is 3. The first-order valence-corrected chi connectivity index (χ1v) is 29.9. The number of anilines is 1. The van der Waals surface area contributed by atoms with Crippen LogP contribution in [0.5, 0.6) is 5.75 Å². The van der Waals surface area contributed by atoms with E-state index >= 15 is 0 Å². The number of hydrogen-bond donors (Lipinski definition) is 1. The number of carbonyl (C=O) groups excluding carboxylic acids is 3. The van der Waals surface area contributed by atoms with Crippen LogP contribution < -0.4 is 10.1 Å². The predicted octanol–water partition coefficient (Wildman–Crippen LogP) is 20.5. The summed E-state index contributed by atoms with van der Waals surface area (Å²) in [5.41, 5.74) is 18.7. The first-order valence-electron chi connectivity index (χ1n) is 29.9. The largest absolute Gasteiger partial charge is 0.458 e. The van der Waals surface area contributed by atoms with E-state index in [2.05, 4.69) is 168 Å². The Kier molecular flexibility index (Phi) is 26.1. The number of benzene rings is 8. The van der Waals surface area contributed by atoms with Crippen LogP contribution in [0.25, 0.3) is 55.6 Å². The zero-order valence-electron chi connectivity index (χ0n) is 50.3. The Morgan fingerprint density at radius 2 is 0.893 bits per heavy atom. The first-order chi connectivity index (χ1) is 40.7. The van der Waals surface area contributed by atoms with Crippen LogP contribution >= 0.6 is 0 Å². The van der Waals surface area contributed by atoms with Crippen molar-refractivity contribution in [2.45, 2.75) is 132 Å². The van der Waals surface area contributed by atoms with Gasteiger partial charge in [0.15, 0.2) is 0 Å². The van der Waals surface area contributed by atoms with Gasteiger partial charge in [-0.2, -0.15) is 0 Å². The van der Waals surface area contributed by atoms with E-state index in [1.165, 1.54) is 102 Å². The quantitative estimate of drug-likeness (QED) is 0.0267. The third kappa shape index (κ3) is 20.3. The highest BCUT2D eigenvalue weighted by atomic mass is 19.1. The molecule has 1 N–H and O–H groups in total. The van der Waals surface area contributed by atoms with Gasteiger partial charge in [0.25, 0.3) is 5.91 Å². The molecular formula is C77H84FNO5. The standard InChI is InChI=1S/C29H33NO.C26H26O2.C22H25FO2/c1-5-7-8-9-22-10-12-24(13-11-22)26-16-19-28(23(6-2)20-26)25-14-17-27(18-15-25)30-29(31)21(3)4;1-3-5-6-20-7-11-22(12-8-20)24-15-17-25(18-16-24)23-13-9-21(10-14-23)19-28-26(27)4-2;1-4-5-6-7-8-17-9-14-20(21(23)15-17)18-10-12-19(13-11-18)25-22(24)16(2)3/h10-20H,3,5-9H2,1-2,4H3,(H,30,31);4,7-18H,2-3,5-6,19H2,1H3;9-15H,2,4-8H2,1,3H3. The topological polar surface area (TPSA) is 81.7 Å². The molecule has 6 nitrogen and oxygen atoms in total. The number of rotatable bonds is 25. The van der Waals surface area contributed by atoms with Crippen molar-refractivity contribution in [3.63, 3.8) is 0 Å². The molecule has 1 amide bonds. The number of halogens is 1. The lowest BCUT2D eigenvalue weighted by molar-refractivity contribution is -0.139. The minimum atomic E-state index is -0.466. The summed E-state index contributed by atoms with van der Waals surface area (Å²) in [6, 6.07) is 61.6. The highest BCUT2D eigenvalue weighted by Crippen LogP contribution is 2.32. The molecule has 0 aliphatic rings. The maximum Gasteiger partial charge on any atom is 0.338 e. The van der Waals surface area contributed by atoms with E-state index in [0.717, 1.165) is 71.2 Å². The molecule has 0 spiro atoms. The van der Waals surface area contributed by atoms with Gasteiger partial charge in [-0.05, 0) is 167 Å². The molecule has 0 atom stereocenters. The third-order valence-corrected chi connectivity index (χ3v) is 14.6. The van der Waals surface area contributed by atoms with Gasteiger partial charge in [-0.25, -0.2) is 14.0 Å². The van der Waals surface area contributed by atoms with Crippen molar-refractivity contribution in [2.24, 2.45) is 0 Å². The Bertz CT molecular complexity index is 3390. The molecule has 0 bridgehead atoms. The fourth-order valence-corrected chi connectivity index (χ4v) is 9.47. The zero-order valence-corrected chi connectivity index (χ0v) is 50.3. The van der Waals surface area contributed by atoms with Crippen molar-refractivity contribution in [1.29, 1.82) is 0 Å². The van der Waals surface area contributed by atoms with Crippen molar-refractivity contribution in [3.05, 3.63) is 253 Å². The van der Waals surface area contributed by atoms with Crippen molar-refractivity contribution < 1.29 is 28.2 Å². The van der Waals surface area contributed by atoms with Crippen LogP contribution in [0.15, 0.2) is 219 Å². The molecule has 0 aliphatic carbocycles. The number of ether oxygens (including phenoxy) is 2. The summed E-state index contributed by atoms with van der Waals surface area (Å²) < 4.78 is 24.6. The van der Waals surface area contributed by atoms with Crippen molar-refractivity contribution in [3.8, 4) is 61.4 Å². The Balaban J connectivity index is 0.000000203. The molecule has 0 heterocycles. The summed E-state index contributed by atoms with van der Waals surface area (Å²) in [7, 11) is 0. The average molecular weight is 1120 g/mol. The molecule has 434 valence electrons. The van der Waals surface area contributed by atoms with Crippen LogP contribution in [0.2, 0.25) is 0 Å². The number of amides is 1. The Labute approximate surface area is 500 Å². The molecule has 84 heavy (non-hydrogen) atoms. The average Bonchev–Trinajstić information content (AvgIpc) is 3.69. The van der Waals surface area contributed by atoms with E-state index < -0.39 is 11.9 Å². The molecule has 8 aromatic rings. The molecule has 8 aromatic carbocycles. The second-order valence-electron chi connectivity index (χ2n) is 21.4. The summed E-state index contributed by atoms with van der Waals surface area (Å²) in [6.45, 7) is 23.0. The second-order valence-corrected chi connectivity index (χ2v) is 21.4. The van der Waals surface area contributed by atoms with Gasteiger partial charge >= 0.3 is 11.9 Å². The Morgan fingerprint density at radius 1 is 0.464 bits per heavy atom. The molecule has 8 rings (SSSR count). The van der Waals surface area contributed by atoms with E-state index in [1.807, 2.05) is 36.4 Å². The SMILES string of the molecule is C=C(C)C(=O)Nc1ccc(-c2ccc(-c3ccc(CCCCC)cc3)cc2CC)cc1.C=C(C)C(=O)Oc1ccc(-c2ccc(CCCCCC)cc2F)cc1.C=CC(=O)OCc1ccc(-c2ccc(-c3ccc(CCCC)cc3)cc2)cc1. The summed E-state index contributed by atoms with van der Waals surface area (Å²) >= 11 is 0. The second kappa shape index (κ2) is 34.1. The lowest BCUT2D eigenvalue weighted by Gasteiger charge is -2.13. The summed E-state index contributed by atoms with van der Waals surface area (Å²) in [6.07, 6.45) is 16.4. The maximum atomic E-state index is 14.4. The van der Waals surface area contributed by atoms with E-state index in [4.69, 9.17) is 9.47 Å². The van der Waals surface area contributed by atoms with E-state index in [-0.39, 0.29) is 18.3 Å².